The molecule has 0 aliphatic rings. The Balaban J connectivity index is 1.59. The van der Waals surface area contributed by atoms with Gasteiger partial charge in [-0.1, -0.05) is 23.2 Å². The molecule has 0 saturated carbocycles. The summed E-state index contributed by atoms with van der Waals surface area (Å²) in [6, 6.07) is 2.35. The van der Waals surface area contributed by atoms with Gasteiger partial charge in [-0.25, -0.2) is 19.3 Å². The molecule has 4 aromatic rings. The monoisotopic (exact) mass is 460 g/mol. The van der Waals surface area contributed by atoms with Crippen LogP contribution in [-0.2, 0) is 0 Å². The molecule has 0 unspecified atom stereocenters. The van der Waals surface area contributed by atoms with Crippen molar-refractivity contribution in [1.82, 2.24) is 39.5 Å². The molecule has 0 aromatic carbocycles. The van der Waals surface area contributed by atoms with Gasteiger partial charge in [-0.3, -0.25) is 4.79 Å². The van der Waals surface area contributed by atoms with Crippen LogP contribution in [0.15, 0.2) is 36.9 Å². The molecule has 31 heavy (non-hydrogen) atoms. The summed E-state index contributed by atoms with van der Waals surface area (Å²) in [5, 5.41) is 17.6. The van der Waals surface area contributed by atoms with Gasteiger partial charge in [0.05, 0.1) is 41.2 Å². The molecule has 0 atom stereocenters. The Bertz CT molecular complexity index is 1290. The second kappa shape index (κ2) is 8.16. The van der Waals surface area contributed by atoms with Gasteiger partial charge in [0.15, 0.2) is 22.3 Å². The molecule has 158 valence electrons. The molecule has 4 heterocycles. The molecule has 0 aliphatic carbocycles. The Morgan fingerprint density at radius 3 is 2.45 bits per heavy atom. The molecule has 4 rings (SSSR count). The molecule has 4 aromatic heterocycles. The number of rotatable bonds is 4. The van der Waals surface area contributed by atoms with Crippen molar-refractivity contribution in [3.8, 4) is 5.82 Å². The lowest BCUT2D eigenvalue weighted by molar-refractivity contribution is 0.0820. The number of hydrogen-bond donors (Lipinski definition) is 2. The fourth-order valence-electron chi connectivity index (χ4n) is 2.67. The number of fused-ring (bicyclic) bond motifs is 1. The summed E-state index contributed by atoms with van der Waals surface area (Å²) in [6.45, 7) is 0. The highest BCUT2D eigenvalue weighted by molar-refractivity contribution is 6.32. The van der Waals surface area contributed by atoms with E-state index >= 15 is 0 Å². The highest BCUT2D eigenvalue weighted by Crippen LogP contribution is 2.22. The van der Waals surface area contributed by atoms with Crippen molar-refractivity contribution in [1.29, 1.82) is 0 Å². The summed E-state index contributed by atoms with van der Waals surface area (Å²) >= 11 is 12.2. The number of hydrogen-bond acceptors (Lipinski definition) is 7. The minimum Gasteiger partial charge on any atom is -0.343 e. The van der Waals surface area contributed by atoms with Crippen molar-refractivity contribution < 1.29 is 9.59 Å². The van der Waals surface area contributed by atoms with Crippen molar-refractivity contribution in [2.75, 3.05) is 24.7 Å². The number of nitrogens with one attached hydrogen (secondary N) is 2. The Morgan fingerprint density at radius 2 is 1.77 bits per heavy atom. The predicted molar refractivity (Wildman–Crippen MR) is 113 cm³/mol. The first kappa shape index (κ1) is 20.5. The second-order valence-corrected chi connectivity index (χ2v) is 7.18. The summed E-state index contributed by atoms with van der Waals surface area (Å²) in [6.07, 6.45) is 5.72. The molecular formula is C17H14Cl2N10O2. The van der Waals surface area contributed by atoms with E-state index in [4.69, 9.17) is 23.2 Å². The van der Waals surface area contributed by atoms with Crippen LogP contribution in [0, 0.1) is 0 Å². The van der Waals surface area contributed by atoms with Crippen LogP contribution in [0.4, 0.5) is 16.2 Å². The predicted octanol–water partition coefficient (Wildman–Crippen LogP) is 2.36. The van der Waals surface area contributed by atoms with Gasteiger partial charge in [0, 0.05) is 20.2 Å². The third kappa shape index (κ3) is 4.11. The third-order valence-corrected chi connectivity index (χ3v) is 4.46. The number of halogens is 2. The van der Waals surface area contributed by atoms with Gasteiger partial charge in [-0.05, 0) is 6.07 Å². The molecule has 2 N–H and O–H groups in total. The average molecular weight is 461 g/mol. The Hall–Kier alpha value is -3.77. The number of amides is 3. The van der Waals surface area contributed by atoms with Crippen molar-refractivity contribution in [3.05, 3.63) is 52.8 Å². The lowest BCUT2D eigenvalue weighted by Crippen LogP contribution is -2.28. The van der Waals surface area contributed by atoms with Gasteiger partial charge in [-0.2, -0.15) is 15.3 Å². The fourth-order valence-corrected chi connectivity index (χ4v) is 3.09. The topological polar surface area (TPSA) is 135 Å². The Kier molecular flexibility index (Phi) is 5.40. The van der Waals surface area contributed by atoms with E-state index in [9.17, 15) is 9.59 Å². The zero-order valence-electron chi connectivity index (χ0n) is 16.1. The first-order valence-electron chi connectivity index (χ1n) is 8.69. The van der Waals surface area contributed by atoms with E-state index in [0.29, 0.717) is 17.2 Å². The number of urea groups is 1. The highest BCUT2D eigenvalue weighted by atomic mass is 35.5. The maximum atomic E-state index is 12.7. The first-order chi connectivity index (χ1) is 14.8. The van der Waals surface area contributed by atoms with Crippen LogP contribution in [0.1, 0.15) is 10.5 Å². The van der Waals surface area contributed by atoms with Gasteiger partial charge in [0.1, 0.15) is 0 Å². The number of carbonyl (C=O) groups excluding carboxylic acids is 2. The molecule has 14 heteroatoms. The van der Waals surface area contributed by atoms with Crippen LogP contribution >= 0.6 is 23.2 Å². The number of carbonyl (C=O) groups is 2. The van der Waals surface area contributed by atoms with Gasteiger partial charge in [0.25, 0.3) is 5.91 Å². The minimum atomic E-state index is -0.643. The average Bonchev–Trinajstić information content (AvgIpc) is 3.36. The van der Waals surface area contributed by atoms with Crippen molar-refractivity contribution in [2.24, 2.45) is 0 Å². The minimum absolute atomic E-state index is 0.0910. The summed E-state index contributed by atoms with van der Waals surface area (Å²) in [7, 11) is 3.15. The van der Waals surface area contributed by atoms with Crippen LogP contribution in [0.5, 0.6) is 0 Å². The third-order valence-electron chi connectivity index (χ3n) is 4.00. The number of anilines is 2. The molecule has 3 amide bonds. The summed E-state index contributed by atoms with van der Waals surface area (Å²) in [5.41, 5.74) is 0.906. The molecule has 0 spiro atoms. The van der Waals surface area contributed by atoms with Gasteiger partial charge >= 0.3 is 6.03 Å². The Morgan fingerprint density at radius 1 is 1.03 bits per heavy atom. The van der Waals surface area contributed by atoms with E-state index in [-0.39, 0.29) is 21.6 Å². The maximum Gasteiger partial charge on any atom is 0.323 e. The molecule has 0 fully saturated rings. The number of pyridine rings is 1. The normalized spacial score (nSPS) is 10.8. The van der Waals surface area contributed by atoms with E-state index in [2.05, 4.69) is 35.9 Å². The van der Waals surface area contributed by atoms with E-state index < -0.39 is 11.9 Å². The van der Waals surface area contributed by atoms with Crippen LogP contribution in [0.2, 0.25) is 10.2 Å². The van der Waals surface area contributed by atoms with E-state index in [1.54, 1.807) is 14.1 Å². The zero-order chi connectivity index (χ0) is 22.1. The van der Waals surface area contributed by atoms with Gasteiger partial charge < -0.3 is 15.5 Å². The quantitative estimate of drug-likeness (QED) is 0.476. The van der Waals surface area contributed by atoms with E-state index in [1.807, 2.05) is 0 Å². The van der Waals surface area contributed by atoms with E-state index in [1.165, 1.54) is 51.1 Å². The standard InChI is InChI=1S/C17H14Cl2N10O2/c1-27(2)16(30)14-11(8-20-13-6-12(19)26-28(13)14)25-17(31)24-9-5-10(18)15(21-7-9)29-22-3-4-23-29/h3-8H,1-2H3,(H2,24,25,31). The van der Waals surface area contributed by atoms with Crippen LogP contribution in [0.3, 0.4) is 0 Å². The van der Waals surface area contributed by atoms with Crippen molar-refractivity contribution >= 4 is 52.2 Å². The number of aromatic nitrogens is 7. The van der Waals surface area contributed by atoms with E-state index in [0.717, 1.165) is 0 Å². The zero-order valence-corrected chi connectivity index (χ0v) is 17.6. The second-order valence-electron chi connectivity index (χ2n) is 6.38. The van der Waals surface area contributed by atoms with Gasteiger partial charge in [0.2, 0.25) is 0 Å². The lowest BCUT2D eigenvalue weighted by Gasteiger charge is -2.16. The first-order valence-corrected chi connectivity index (χ1v) is 9.45. The number of nitrogens with zero attached hydrogens (tertiary/aromatic N) is 8. The SMILES string of the molecule is CN(C)C(=O)c1c(NC(=O)Nc2cnc(-n3nccn3)c(Cl)c2)cnc2cc(Cl)nn12. The molecular weight excluding hydrogens is 447 g/mol. The fraction of sp³-hybridized carbons (Fsp3) is 0.118. The molecule has 0 bridgehead atoms. The van der Waals surface area contributed by atoms with Gasteiger partial charge in [-0.15, -0.1) is 4.80 Å². The van der Waals surface area contributed by atoms with Crippen molar-refractivity contribution in [3.63, 3.8) is 0 Å². The smallest absolute Gasteiger partial charge is 0.323 e. The van der Waals surface area contributed by atoms with Crippen molar-refractivity contribution in [2.45, 2.75) is 0 Å². The van der Waals surface area contributed by atoms with Crippen LogP contribution < -0.4 is 10.6 Å². The summed E-state index contributed by atoms with van der Waals surface area (Å²) < 4.78 is 1.27. The highest BCUT2D eigenvalue weighted by Gasteiger charge is 2.21. The summed E-state index contributed by atoms with van der Waals surface area (Å²) in [4.78, 5) is 36.2. The maximum absolute atomic E-state index is 12.7. The lowest BCUT2D eigenvalue weighted by atomic mass is 10.3. The molecule has 0 aliphatic heterocycles. The summed E-state index contributed by atoms with van der Waals surface area (Å²) in [5.74, 6) is -0.0926. The molecule has 0 radical (unpaired) electrons. The molecule has 0 saturated heterocycles. The molecule has 12 nitrogen and oxygen atoms in total. The van der Waals surface area contributed by atoms with Crippen LogP contribution in [-0.4, -0.2) is 65.5 Å². The Labute approximate surface area is 184 Å². The largest absolute Gasteiger partial charge is 0.343 e. The van der Waals surface area contributed by atoms with Crippen LogP contribution in [0.25, 0.3) is 11.5 Å².